The van der Waals surface area contributed by atoms with Gasteiger partial charge in [0.05, 0.1) is 26.4 Å². The highest BCUT2D eigenvalue weighted by molar-refractivity contribution is 5.90. The van der Waals surface area contributed by atoms with E-state index in [-0.39, 0.29) is 86.6 Å². The minimum absolute atomic E-state index is 0.0307. The zero-order valence-electron chi connectivity index (χ0n) is 95.9. The molecule has 0 aliphatic heterocycles. The number of nitrogens with zero attached hydrogens (tertiary/aromatic N) is 2. The summed E-state index contributed by atoms with van der Waals surface area (Å²) < 4.78 is 13.4. The van der Waals surface area contributed by atoms with Gasteiger partial charge in [-0.05, 0) is 435 Å². The molecule has 0 heterocycles. The Morgan fingerprint density at radius 3 is 0.500 bits per heavy atom. The number of ether oxygens (including phenoxy) is 2. The van der Waals surface area contributed by atoms with Crippen LogP contribution in [0, 0.1) is 0 Å². The maximum Gasteiger partial charge on any atom is 0.124 e. The van der Waals surface area contributed by atoms with Crippen molar-refractivity contribution in [2.24, 2.45) is 0 Å². The largest absolute Gasteiger partial charge is 0.496 e. The third-order valence-corrected chi connectivity index (χ3v) is 43.2. The van der Waals surface area contributed by atoms with Crippen LogP contribution in [0.3, 0.4) is 0 Å². The van der Waals surface area contributed by atoms with Crippen LogP contribution in [-0.2, 0) is 86.6 Å². The molecular weight excluding hydrogens is 1750 g/mol. The van der Waals surface area contributed by atoms with E-state index in [1.54, 1.807) is 103 Å². The van der Waals surface area contributed by atoms with Crippen LogP contribution >= 0.6 is 0 Å². The zero-order valence-corrected chi connectivity index (χ0v) is 95.9. The van der Waals surface area contributed by atoms with E-state index in [0.29, 0.717) is 11.5 Å². The van der Waals surface area contributed by atoms with E-state index in [1.807, 2.05) is 0 Å². The Morgan fingerprint density at radius 1 is 0.215 bits per heavy atom. The molecule has 768 valence electrons. The van der Waals surface area contributed by atoms with Crippen LogP contribution in [0.25, 0.3) is 44.5 Å². The smallest absolute Gasteiger partial charge is 0.124 e. The average molecular weight is 1930 g/mol. The molecule has 0 saturated heterocycles. The molecule has 6 nitrogen and oxygen atoms in total. The highest BCUT2D eigenvalue weighted by Crippen LogP contribution is 2.71. The molecule has 10 aromatic carbocycles. The minimum atomic E-state index is -0.983. The number of methoxy groups -OCH3 is 2. The third kappa shape index (κ3) is 14.8. The van der Waals surface area contributed by atoms with Gasteiger partial charge < -0.3 is 29.5 Å². The van der Waals surface area contributed by atoms with Gasteiger partial charge in [-0.15, -0.1) is 0 Å². The first kappa shape index (κ1) is 104. The van der Waals surface area contributed by atoms with Gasteiger partial charge in [-0.2, -0.15) is 0 Å². The first-order valence-electron chi connectivity index (χ1n) is 57.7. The van der Waals surface area contributed by atoms with Gasteiger partial charge in [0, 0.05) is 69.2 Å². The highest BCUT2D eigenvalue weighted by Gasteiger charge is 2.61. The van der Waals surface area contributed by atoms with Crippen molar-refractivity contribution in [2.45, 2.75) is 486 Å². The lowest BCUT2D eigenvalue weighted by Crippen LogP contribution is -2.51. The first-order chi connectivity index (χ1) is 68.0. The lowest BCUT2D eigenvalue weighted by atomic mass is 9.63. The topological polar surface area (TPSA) is 65.4 Å². The number of hydrogen-bond donors (Lipinski definition) is 2. The van der Waals surface area contributed by atoms with Crippen LogP contribution in [0.5, 0.6) is 11.5 Å². The molecule has 0 spiro atoms. The number of anilines is 6. The third-order valence-electron chi connectivity index (χ3n) is 43.2. The Bertz CT molecular complexity index is 5650. The van der Waals surface area contributed by atoms with Crippen molar-refractivity contribution in [3.8, 4) is 56.0 Å². The Morgan fingerprint density at radius 2 is 0.361 bits per heavy atom. The summed E-state index contributed by atoms with van der Waals surface area (Å²) in [5, 5.41) is 26.6. The van der Waals surface area contributed by atoms with Crippen molar-refractivity contribution in [1.29, 1.82) is 0 Å². The number of benzene rings is 10. The van der Waals surface area contributed by atoms with Crippen molar-refractivity contribution in [1.82, 2.24) is 0 Å². The summed E-state index contributed by atoms with van der Waals surface area (Å²) in [6.45, 7) is 79.9. The van der Waals surface area contributed by atoms with Crippen LogP contribution in [0.15, 0.2) is 158 Å². The van der Waals surface area contributed by atoms with E-state index in [4.69, 9.17) is 9.47 Å². The molecule has 0 aromatic heterocycles. The first-order valence-corrected chi connectivity index (χ1v) is 57.7. The van der Waals surface area contributed by atoms with E-state index < -0.39 is 24.0 Å². The van der Waals surface area contributed by atoms with Crippen molar-refractivity contribution in [2.75, 3.05) is 24.0 Å². The Balaban J connectivity index is 0.732. The Labute approximate surface area is 872 Å². The molecule has 9 aliphatic carbocycles. The molecular formula is C138H182N2O4. The molecule has 9 aliphatic rings. The molecule has 144 heavy (non-hydrogen) atoms. The normalized spacial score (nSPS) is 23.1. The fourth-order valence-corrected chi connectivity index (χ4v) is 35.8. The fourth-order valence-electron chi connectivity index (χ4n) is 35.8. The van der Waals surface area contributed by atoms with Crippen LogP contribution in [0.2, 0.25) is 0 Å². The maximum atomic E-state index is 13.3. The molecule has 0 bridgehead atoms. The van der Waals surface area contributed by atoms with E-state index in [9.17, 15) is 10.2 Å². The van der Waals surface area contributed by atoms with Crippen LogP contribution in [0.4, 0.5) is 34.1 Å². The predicted molar refractivity (Wildman–Crippen MR) is 614 cm³/mol. The molecule has 0 amide bonds. The van der Waals surface area contributed by atoms with Crippen LogP contribution in [-0.4, -0.2) is 36.6 Å². The van der Waals surface area contributed by atoms with Gasteiger partial charge >= 0.3 is 0 Å². The van der Waals surface area contributed by atoms with E-state index in [0.717, 1.165) is 199 Å². The lowest BCUT2D eigenvalue weighted by molar-refractivity contribution is -0.0797. The summed E-state index contributed by atoms with van der Waals surface area (Å²) in [5.74, 6) is -0.0935. The number of rotatable bonds is 30. The Hall–Kier alpha value is -8.68. The summed E-state index contributed by atoms with van der Waals surface area (Å²) in [7, 11) is 3.52. The molecule has 2 N–H and O–H groups in total. The van der Waals surface area contributed by atoms with Gasteiger partial charge in [0.1, 0.15) is 11.5 Å². The number of fused-ring (bicyclic) bond motifs is 8. The average Bonchev–Trinajstić information content (AvgIpc) is 1.53. The second-order valence-corrected chi connectivity index (χ2v) is 53.5. The van der Waals surface area contributed by atoms with E-state index in [2.05, 4.69) is 389 Å². The van der Waals surface area contributed by atoms with E-state index >= 15 is 0 Å². The SMILES string of the molecule is CCC1(CC)CC(C)(C)c2c1cc1c(c2-c2ccc(N(c3ccc(-c4c5c(cc6c4C(C)(C)CC6(CC)CC)C(CC)(CC)CC5(C)C)cc3)c3ccc(C4C(O)C(c5ccc(N(c6ccc(-c7c8c(cc9c7C(C)(C)CC9(CC)CC)C(CC)(CC)CC8(C)C)cc6)c6ccc(-c7c8c(cc9c7C(C)(C)CC9(CC)CC)C(CC)(CC)CC8(C)C)cc6)cc5OC)C4O)c(OC)c3)cc2)C(C)(C)CC1(CC)CC. The second-order valence-electron chi connectivity index (χ2n) is 53.5. The molecule has 1 saturated carbocycles. The summed E-state index contributed by atoms with van der Waals surface area (Å²) >= 11 is 0. The molecule has 19 rings (SSSR count). The standard InChI is InChI=1S/C138H182N2O4/c1-35-131(36-2)77-123(17,18)113-97(131)73-98-114(124(19,20)78-132(98,37-3)38-4)107(113)85-51-59-89(60-52-85)139(90-61-53-86(54-62-90)108-115-99(133(39-5,40-6)79-125(115,21)22)74-100-116(108)126(23,24)80-134(100,41-7)42-8)93-67-69-95(105(71-93)143-33)111-121(141)112(122(111)142)96-70-68-94(72-106(96)144-34)140(91-63-55-87(56-64-91)109-117-101(135(43-9,44-10)81-127(117,25)26)75-102-118(109)128(27,28)82-136(102,45-11)46-12)92-65-57-88(58-66-92)110-119-103(137(47-13,48-14)83-129(119,29)30)76-104-120(110)130(31,32)84-138(104,49-15)50-16/h51-76,111-112,121-122,141-142H,35-50,77-84H2,1-34H3. The van der Waals surface area contributed by atoms with Gasteiger partial charge in [0.2, 0.25) is 0 Å². The van der Waals surface area contributed by atoms with E-state index in [1.165, 1.54) is 44.5 Å². The predicted octanol–water partition coefficient (Wildman–Crippen LogP) is 37.8. The van der Waals surface area contributed by atoms with Crippen molar-refractivity contribution < 1.29 is 19.7 Å². The Kier molecular flexibility index (Phi) is 25.6. The maximum absolute atomic E-state index is 13.3. The summed E-state index contributed by atoms with van der Waals surface area (Å²) in [6, 6.07) is 63.0. The van der Waals surface area contributed by atoms with Crippen molar-refractivity contribution in [3.63, 3.8) is 0 Å². The molecule has 0 radical (unpaired) electrons. The zero-order chi connectivity index (χ0) is 104. The fraction of sp³-hybridized carbons (Fsp3) is 0.565. The molecule has 0 atom stereocenters. The molecule has 10 aromatic rings. The minimum Gasteiger partial charge on any atom is -0.496 e. The van der Waals surface area contributed by atoms with Gasteiger partial charge in [-0.1, -0.05) is 306 Å². The summed E-state index contributed by atoms with van der Waals surface area (Å²) in [6.07, 6.45) is 25.2. The number of hydrogen-bond acceptors (Lipinski definition) is 6. The highest BCUT2D eigenvalue weighted by atomic mass is 16.5. The van der Waals surface area contributed by atoms with Gasteiger partial charge in [0.15, 0.2) is 0 Å². The quantitative estimate of drug-likeness (QED) is 0.0468. The molecule has 6 heteroatoms. The van der Waals surface area contributed by atoms with Crippen molar-refractivity contribution >= 4 is 34.1 Å². The van der Waals surface area contributed by atoms with Crippen LogP contribution < -0.4 is 19.3 Å². The number of aliphatic hydroxyl groups is 2. The summed E-state index contributed by atoms with van der Waals surface area (Å²) in [4.78, 5) is 4.87. The van der Waals surface area contributed by atoms with Gasteiger partial charge in [0.25, 0.3) is 0 Å². The van der Waals surface area contributed by atoms with Crippen LogP contribution in [0.1, 0.15) is 488 Å². The summed E-state index contributed by atoms with van der Waals surface area (Å²) in [5.41, 5.74) is 44.6. The monoisotopic (exact) mass is 1930 g/mol. The van der Waals surface area contributed by atoms with Gasteiger partial charge in [-0.25, -0.2) is 0 Å². The molecule has 1 fully saturated rings. The molecule has 0 unspecified atom stereocenters. The lowest BCUT2D eigenvalue weighted by Gasteiger charge is -2.47. The number of aliphatic hydroxyl groups excluding tert-OH is 2. The van der Waals surface area contributed by atoms with Gasteiger partial charge in [-0.3, -0.25) is 0 Å². The van der Waals surface area contributed by atoms with Crippen molar-refractivity contribution in [3.05, 3.63) is 258 Å². The second kappa shape index (κ2) is 35.5.